The van der Waals surface area contributed by atoms with Crippen LogP contribution in [0.5, 0.6) is 17.2 Å². The van der Waals surface area contributed by atoms with E-state index >= 15 is 0 Å². The van der Waals surface area contributed by atoms with Crippen LogP contribution in [-0.4, -0.2) is 34.4 Å². The smallest absolute Gasteiger partial charge is 0.192 e. The Bertz CT molecular complexity index is 876. The van der Waals surface area contributed by atoms with Crippen LogP contribution in [-0.2, 0) is 9.47 Å². The number of hydrogen-bond acceptors (Lipinski definition) is 6. The summed E-state index contributed by atoms with van der Waals surface area (Å²) in [5.41, 5.74) is 1.31. The molecule has 2 aromatic rings. The summed E-state index contributed by atoms with van der Waals surface area (Å²) < 4.78 is 40.4. The van der Waals surface area contributed by atoms with Crippen molar-refractivity contribution in [3.8, 4) is 23.3 Å². The SMILES string of the molecule is COc1ccc(/C(C#N)=C/c2cccc(F)c2OCOC(C)OC)cc1OC. The van der Waals surface area contributed by atoms with Gasteiger partial charge >= 0.3 is 0 Å². The van der Waals surface area contributed by atoms with Crippen LogP contribution in [0.4, 0.5) is 4.39 Å². The fourth-order valence-corrected chi connectivity index (χ4v) is 2.39. The molecule has 0 bridgehead atoms. The highest BCUT2D eigenvalue weighted by Crippen LogP contribution is 2.32. The summed E-state index contributed by atoms with van der Waals surface area (Å²) in [6.07, 6.45) is 1.05. The fourth-order valence-electron chi connectivity index (χ4n) is 2.39. The summed E-state index contributed by atoms with van der Waals surface area (Å²) in [6, 6.07) is 11.7. The van der Waals surface area contributed by atoms with Gasteiger partial charge in [0.1, 0.15) is 0 Å². The van der Waals surface area contributed by atoms with Gasteiger partial charge in [-0.15, -0.1) is 0 Å². The molecular weight excluding hydrogens is 365 g/mol. The highest BCUT2D eigenvalue weighted by Gasteiger charge is 2.13. The van der Waals surface area contributed by atoms with Gasteiger partial charge in [0.25, 0.3) is 0 Å². The predicted molar refractivity (Wildman–Crippen MR) is 102 cm³/mol. The third-order valence-corrected chi connectivity index (χ3v) is 3.95. The van der Waals surface area contributed by atoms with E-state index in [4.69, 9.17) is 23.7 Å². The predicted octanol–water partition coefficient (Wildman–Crippen LogP) is 4.25. The highest BCUT2D eigenvalue weighted by atomic mass is 19.1. The van der Waals surface area contributed by atoms with Crippen LogP contribution in [0.25, 0.3) is 11.6 Å². The third-order valence-electron chi connectivity index (χ3n) is 3.95. The van der Waals surface area contributed by atoms with Crippen molar-refractivity contribution in [1.29, 1.82) is 5.26 Å². The molecule has 1 unspecified atom stereocenters. The molecule has 0 heterocycles. The minimum absolute atomic E-state index is 0.0148. The third kappa shape index (κ3) is 5.22. The maximum atomic E-state index is 14.3. The molecular formula is C21H22FNO5. The summed E-state index contributed by atoms with van der Waals surface area (Å²) in [6.45, 7) is 1.49. The van der Waals surface area contributed by atoms with Crippen LogP contribution >= 0.6 is 0 Å². The number of nitriles is 1. The van der Waals surface area contributed by atoms with E-state index in [0.717, 1.165) is 0 Å². The number of para-hydroxylation sites is 1. The minimum atomic E-state index is -0.563. The molecule has 2 aromatic carbocycles. The van der Waals surface area contributed by atoms with Crippen LogP contribution in [0.2, 0.25) is 0 Å². The monoisotopic (exact) mass is 387 g/mol. The van der Waals surface area contributed by atoms with Crippen LogP contribution in [0.1, 0.15) is 18.1 Å². The second-order valence-electron chi connectivity index (χ2n) is 5.63. The van der Waals surface area contributed by atoms with Crippen LogP contribution < -0.4 is 14.2 Å². The first-order valence-electron chi connectivity index (χ1n) is 8.44. The van der Waals surface area contributed by atoms with E-state index in [1.165, 1.54) is 33.5 Å². The van der Waals surface area contributed by atoms with Crippen molar-refractivity contribution in [2.75, 3.05) is 28.1 Å². The van der Waals surface area contributed by atoms with Gasteiger partial charge in [-0.05, 0) is 42.8 Å². The van der Waals surface area contributed by atoms with Crippen LogP contribution in [0.15, 0.2) is 36.4 Å². The second-order valence-corrected chi connectivity index (χ2v) is 5.63. The molecule has 0 radical (unpaired) electrons. The topological polar surface area (TPSA) is 69.9 Å². The average molecular weight is 387 g/mol. The number of benzene rings is 2. The summed E-state index contributed by atoms with van der Waals surface area (Å²) >= 11 is 0. The number of hydrogen-bond donors (Lipinski definition) is 0. The van der Waals surface area contributed by atoms with Crippen LogP contribution in [0.3, 0.4) is 0 Å². The molecule has 0 saturated heterocycles. The number of allylic oxidation sites excluding steroid dienone is 1. The van der Waals surface area contributed by atoms with E-state index < -0.39 is 12.1 Å². The van der Waals surface area contributed by atoms with Gasteiger partial charge in [-0.3, -0.25) is 0 Å². The standard InChI is InChI=1S/C21H22FNO5/c1-14(24-2)27-13-28-21-16(6-5-7-18(21)22)10-17(12-23)15-8-9-19(25-3)20(11-15)26-4/h5-11,14H,13H2,1-4H3/b17-10+. The maximum Gasteiger partial charge on any atom is 0.192 e. The molecule has 7 heteroatoms. The first-order chi connectivity index (χ1) is 13.5. The van der Waals surface area contributed by atoms with Crippen molar-refractivity contribution in [2.45, 2.75) is 13.2 Å². The average Bonchev–Trinajstić information content (AvgIpc) is 2.72. The maximum absolute atomic E-state index is 14.3. The van der Waals surface area contributed by atoms with Crippen molar-refractivity contribution in [3.05, 3.63) is 53.3 Å². The lowest BCUT2D eigenvalue weighted by Crippen LogP contribution is -2.15. The molecule has 0 aliphatic rings. The Hall–Kier alpha value is -3.08. The molecule has 2 rings (SSSR count). The molecule has 0 saturated carbocycles. The van der Waals surface area contributed by atoms with E-state index in [-0.39, 0.29) is 12.5 Å². The van der Waals surface area contributed by atoms with Gasteiger partial charge in [0.05, 0.1) is 25.9 Å². The molecule has 6 nitrogen and oxygen atoms in total. The zero-order chi connectivity index (χ0) is 20.5. The molecule has 0 N–H and O–H groups in total. The Kier molecular flexibility index (Phi) is 7.81. The zero-order valence-corrected chi connectivity index (χ0v) is 16.2. The first kappa shape index (κ1) is 21.2. The highest BCUT2D eigenvalue weighted by molar-refractivity contribution is 5.91. The summed E-state index contributed by atoms with van der Waals surface area (Å²) in [5, 5.41) is 9.61. The Morgan fingerprint density at radius 1 is 1.14 bits per heavy atom. The minimum Gasteiger partial charge on any atom is -0.493 e. The summed E-state index contributed by atoms with van der Waals surface area (Å²) in [4.78, 5) is 0. The van der Waals surface area contributed by atoms with E-state index in [0.29, 0.717) is 28.2 Å². The molecule has 0 spiro atoms. The van der Waals surface area contributed by atoms with Gasteiger partial charge in [-0.25, -0.2) is 4.39 Å². The van der Waals surface area contributed by atoms with Crippen molar-refractivity contribution in [1.82, 2.24) is 0 Å². The quantitative estimate of drug-likeness (QED) is 0.364. The Balaban J connectivity index is 2.37. The fraction of sp³-hybridized carbons (Fsp3) is 0.286. The number of halogens is 1. The van der Waals surface area contributed by atoms with Gasteiger partial charge in [-0.2, -0.15) is 5.26 Å². The van der Waals surface area contributed by atoms with Gasteiger partial charge in [0, 0.05) is 12.7 Å². The molecule has 0 aliphatic carbocycles. The summed E-state index contributed by atoms with van der Waals surface area (Å²) in [7, 11) is 4.53. The molecule has 1 atom stereocenters. The van der Waals surface area contributed by atoms with Crippen molar-refractivity contribution < 1.29 is 28.1 Å². The van der Waals surface area contributed by atoms with Crippen molar-refractivity contribution >= 4 is 11.6 Å². The number of nitrogens with zero attached hydrogens (tertiary/aromatic N) is 1. The van der Waals surface area contributed by atoms with Gasteiger partial charge in [-0.1, -0.05) is 12.1 Å². The van der Waals surface area contributed by atoms with Crippen molar-refractivity contribution in [3.63, 3.8) is 0 Å². The van der Waals surface area contributed by atoms with Crippen LogP contribution in [0, 0.1) is 17.1 Å². The largest absolute Gasteiger partial charge is 0.493 e. The van der Waals surface area contributed by atoms with Gasteiger partial charge in [0.2, 0.25) is 0 Å². The van der Waals surface area contributed by atoms with E-state index in [2.05, 4.69) is 6.07 Å². The molecule has 148 valence electrons. The molecule has 0 aliphatic heterocycles. The normalized spacial score (nSPS) is 12.2. The van der Waals surface area contributed by atoms with E-state index in [1.54, 1.807) is 37.3 Å². The molecule has 0 fully saturated rings. The van der Waals surface area contributed by atoms with E-state index in [9.17, 15) is 9.65 Å². The van der Waals surface area contributed by atoms with E-state index in [1.807, 2.05) is 0 Å². The lowest BCUT2D eigenvalue weighted by Gasteiger charge is -2.14. The first-order valence-corrected chi connectivity index (χ1v) is 8.44. The molecule has 0 aromatic heterocycles. The number of rotatable bonds is 9. The Morgan fingerprint density at radius 3 is 2.54 bits per heavy atom. The number of ether oxygens (including phenoxy) is 5. The Morgan fingerprint density at radius 2 is 1.89 bits per heavy atom. The second kappa shape index (κ2) is 10.3. The summed E-state index contributed by atoms with van der Waals surface area (Å²) in [5.74, 6) is 0.451. The molecule has 0 amide bonds. The lowest BCUT2D eigenvalue weighted by atomic mass is 10.0. The zero-order valence-electron chi connectivity index (χ0n) is 16.2. The van der Waals surface area contributed by atoms with Gasteiger partial charge < -0.3 is 23.7 Å². The number of methoxy groups -OCH3 is 3. The van der Waals surface area contributed by atoms with Crippen molar-refractivity contribution in [2.24, 2.45) is 0 Å². The Labute approximate surface area is 163 Å². The van der Waals surface area contributed by atoms with Gasteiger partial charge in [0.15, 0.2) is 36.1 Å². The molecule has 28 heavy (non-hydrogen) atoms. The lowest BCUT2D eigenvalue weighted by molar-refractivity contribution is -0.150.